The summed E-state index contributed by atoms with van der Waals surface area (Å²) < 4.78 is 5.41. The van der Waals surface area contributed by atoms with Gasteiger partial charge in [0.05, 0.1) is 18.8 Å². The molecule has 0 saturated carbocycles. The van der Waals surface area contributed by atoms with E-state index in [0.29, 0.717) is 25.2 Å². The van der Waals surface area contributed by atoms with Crippen LogP contribution in [-0.2, 0) is 4.74 Å². The maximum absolute atomic E-state index is 9.87. The first-order valence-electron chi connectivity index (χ1n) is 6.26. The lowest BCUT2D eigenvalue weighted by atomic mass is 10.1. The molecule has 0 aromatic rings. The van der Waals surface area contributed by atoms with Crippen LogP contribution in [0.4, 0.5) is 0 Å². The van der Waals surface area contributed by atoms with Gasteiger partial charge >= 0.3 is 0 Å². The summed E-state index contributed by atoms with van der Waals surface area (Å²) in [5.74, 6) is 0. The molecule has 0 aromatic carbocycles. The SMILES string of the molecule is CC1CN(CC(O)COC(C)C)C(C)CN1. The third-order valence-electron chi connectivity index (χ3n) is 2.96. The Kier molecular flexibility index (Phi) is 5.69. The van der Waals surface area contributed by atoms with E-state index in [-0.39, 0.29) is 12.2 Å². The highest BCUT2D eigenvalue weighted by Crippen LogP contribution is 2.07. The van der Waals surface area contributed by atoms with E-state index in [4.69, 9.17) is 4.74 Å². The number of aliphatic hydroxyl groups excluding tert-OH is 1. The molecule has 0 aliphatic carbocycles. The standard InChI is InChI=1S/C12H26N2O2/c1-9(2)16-8-12(15)7-14-6-10(3)13-5-11(14)4/h9-13,15H,5-8H2,1-4H3. The van der Waals surface area contributed by atoms with Crippen molar-refractivity contribution >= 4 is 0 Å². The topological polar surface area (TPSA) is 44.7 Å². The second-order valence-corrected chi connectivity index (χ2v) is 5.15. The highest BCUT2D eigenvalue weighted by atomic mass is 16.5. The molecule has 1 aliphatic rings. The highest BCUT2D eigenvalue weighted by molar-refractivity contribution is 4.82. The van der Waals surface area contributed by atoms with E-state index < -0.39 is 0 Å². The second-order valence-electron chi connectivity index (χ2n) is 5.15. The maximum Gasteiger partial charge on any atom is 0.0900 e. The number of rotatable bonds is 5. The Morgan fingerprint density at radius 3 is 2.75 bits per heavy atom. The molecule has 0 bridgehead atoms. The van der Waals surface area contributed by atoms with Gasteiger partial charge in [0.2, 0.25) is 0 Å². The molecule has 0 radical (unpaired) electrons. The van der Waals surface area contributed by atoms with Crippen LogP contribution in [0.2, 0.25) is 0 Å². The zero-order valence-corrected chi connectivity index (χ0v) is 10.9. The molecule has 4 heteroatoms. The Bertz CT molecular complexity index is 199. The summed E-state index contributed by atoms with van der Waals surface area (Å²) in [5, 5.41) is 13.3. The number of piperazine rings is 1. The van der Waals surface area contributed by atoms with Crippen molar-refractivity contribution in [1.29, 1.82) is 0 Å². The van der Waals surface area contributed by atoms with Gasteiger partial charge in [0.15, 0.2) is 0 Å². The minimum absolute atomic E-state index is 0.189. The maximum atomic E-state index is 9.87. The lowest BCUT2D eigenvalue weighted by Crippen LogP contribution is -2.56. The molecular formula is C12H26N2O2. The quantitative estimate of drug-likeness (QED) is 0.720. The lowest BCUT2D eigenvalue weighted by Gasteiger charge is -2.38. The van der Waals surface area contributed by atoms with Gasteiger partial charge < -0.3 is 15.2 Å². The van der Waals surface area contributed by atoms with Crippen LogP contribution in [0.1, 0.15) is 27.7 Å². The molecule has 0 aromatic heterocycles. The van der Waals surface area contributed by atoms with Crippen molar-refractivity contribution < 1.29 is 9.84 Å². The molecule has 0 spiro atoms. The third-order valence-corrected chi connectivity index (χ3v) is 2.96. The fourth-order valence-electron chi connectivity index (χ4n) is 1.98. The number of aliphatic hydroxyl groups is 1. The largest absolute Gasteiger partial charge is 0.389 e. The first-order valence-corrected chi connectivity index (χ1v) is 6.26. The Morgan fingerprint density at radius 1 is 1.44 bits per heavy atom. The minimum Gasteiger partial charge on any atom is -0.389 e. The molecule has 1 heterocycles. The van der Waals surface area contributed by atoms with E-state index >= 15 is 0 Å². The summed E-state index contributed by atoms with van der Waals surface area (Å²) >= 11 is 0. The normalized spacial score (nSPS) is 29.6. The van der Waals surface area contributed by atoms with Gasteiger partial charge in [0.1, 0.15) is 0 Å². The molecule has 16 heavy (non-hydrogen) atoms. The Hall–Kier alpha value is -0.160. The summed E-state index contributed by atoms with van der Waals surface area (Å²) in [6.45, 7) is 11.5. The Morgan fingerprint density at radius 2 is 2.12 bits per heavy atom. The summed E-state index contributed by atoms with van der Waals surface area (Å²) in [5.41, 5.74) is 0. The molecule has 1 aliphatic heterocycles. The zero-order valence-electron chi connectivity index (χ0n) is 10.9. The summed E-state index contributed by atoms with van der Waals surface area (Å²) in [4.78, 5) is 2.33. The summed E-state index contributed by atoms with van der Waals surface area (Å²) in [6, 6.07) is 0.999. The number of nitrogens with one attached hydrogen (secondary N) is 1. The van der Waals surface area contributed by atoms with E-state index in [0.717, 1.165) is 13.1 Å². The van der Waals surface area contributed by atoms with Crippen LogP contribution in [0.25, 0.3) is 0 Å². The van der Waals surface area contributed by atoms with E-state index in [1.807, 2.05) is 13.8 Å². The van der Waals surface area contributed by atoms with Crippen molar-refractivity contribution in [3.05, 3.63) is 0 Å². The number of ether oxygens (including phenoxy) is 1. The average Bonchev–Trinajstić information content (AvgIpc) is 2.20. The third kappa shape index (κ3) is 4.78. The smallest absolute Gasteiger partial charge is 0.0900 e. The van der Waals surface area contributed by atoms with Crippen molar-refractivity contribution in [3.63, 3.8) is 0 Å². The fraction of sp³-hybridized carbons (Fsp3) is 1.00. The van der Waals surface area contributed by atoms with Crippen LogP contribution in [-0.4, -0.2) is 60.5 Å². The van der Waals surface area contributed by atoms with Crippen molar-refractivity contribution in [3.8, 4) is 0 Å². The van der Waals surface area contributed by atoms with E-state index in [1.165, 1.54) is 0 Å². The van der Waals surface area contributed by atoms with Gasteiger partial charge in [-0.1, -0.05) is 0 Å². The first-order chi connectivity index (χ1) is 7.49. The number of nitrogens with zero attached hydrogens (tertiary/aromatic N) is 1. The molecule has 96 valence electrons. The van der Waals surface area contributed by atoms with Gasteiger partial charge in [-0.05, 0) is 27.7 Å². The molecule has 4 nitrogen and oxygen atoms in total. The van der Waals surface area contributed by atoms with E-state index in [1.54, 1.807) is 0 Å². The van der Waals surface area contributed by atoms with Crippen molar-refractivity contribution in [2.45, 2.75) is 52.0 Å². The molecule has 1 saturated heterocycles. The number of hydrogen-bond acceptors (Lipinski definition) is 4. The first kappa shape index (κ1) is 13.9. The van der Waals surface area contributed by atoms with Gasteiger partial charge in [-0.3, -0.25) is 4.90 Å². The van der Waals surface area contributed by atoms with Gasteiger partial charge in [-0.25, -0.2) is 0 Å². The van der Waals surface area contributed by atoms with Crippen molar-refractivity contribution in [2.24, 2.45) is 0 Å². The van der Waals surface area contributed by atoms with E-state index in [2.05, 4.69) is 24.1 Å². The molecule has 3 unspecified atom stereocenters. The van der Waals surface area contributed by atoms with Crippen LogP contribution in [0.5, 0.6) is 0 Å². The monoisotopic (exact) mass is 230 g/mol. The Labute approximate surface area is 99.0 Å². The minimum atomic E-state index is -0.379. The average molecular weight is 230 g/mol. The van der Waals surface area contributed by atoms with Gasteiger partial charge in [0, 0.05) is 31.7 Å². The fourth-order valence-corrected chi connectivity index (χ4v) is 1.98. The molecule has 3 atom stereocenters. The molecule has 1 fully saturated rings. The second kappa shape index (κ2) is 6.55. The summed E-state index contributed by atoms with van der Waals surface area (Å²) in [6.07, 6.45) is -0.191. The van der Waals surface area contributed by atoms with Gasteiger partial charge in [-0.2, -0.15) is 0 Å². The zero-order chi connectivity index (χ0) is 12.1. The number of β-amino-alcohol motifs (C(OH)–C–C–N with tert-alkyl or cyclic N) is 1. The molecule has 2 N–H and O–H groups in total. The van der Waals surface area contributed by atoms with E-state index in [9.17, 15) is 5.11 Å². The van der Waals surface area contributed by atoms with Crippen LogP contribution in [0, 0.1) is 0 Å². The Balaban J connectivity index is 2.28. The van der Waals surface area contributed by atoms with Crippen molar-refractivity contribution in [2.75, 3.05) is 26.2 Å². The van der Waals surface area contributed by atoms with Crippen LogP contribution in [0.15, 0.2) is 0 Å². The predicted octanol–water partition coefficient (Wildman–Crippen LogP) is 0.455. The molecule has 1 rings (SSSR count). The summed E-state index contributed by atoms with van der Waals surface area (Å²) in [7, 11) is 0. The van der Waals surface area contributed by atoms with Gasteiger partial charge in [-0.15, -0.1) is 0 Å². The molecular weight excluding hydrogens is 204 g/mol. The predicted molar refractivity (Wildman–Crippen MR) is 65.6 cm³/mol. The van der Waals surface area contributed by atoms with Crippen LogP contribution < -0.4 is 5.32 Å². The molecule has 0 amide bonds. The number of hydrogen-bond donors (Lipinski definition) is 2. The van der Waals surface area contributed by atoms with Crippen molar-refractivity contribution in [1.82, 2.24) is 10.2 Å². The van der Waals surface area contributed by atoms with Crippen LogP contribution in [0.3, 0.4) is 0 Å². The van der Waals surface area contributed by atoms with Gasteiger partial charge in [0.25, 0.3) is 0 Å². The lowest BCUT2D eigenvalue weighted by molar-refractivity contribution is -0.0179. The highest BCUT2D eigenvalue weighted by Gasteiger charge is 2.24. The van der Waals surface area contributed by atoms with Crippen LogP contribution >= 0.6 is 0 Å².